The van der Waals surface area contributed by atoms with E-state index in [1.807, 2.05) is 38.2 Å². The van der Waals surface area contributed by atoms with Crippen molar-refractivity contribution in [2.24, 2.45) is 11.3 Å². The normalized spacial score (nSPS) is 21.7. The highest BCUT2D eigenvalue weighted by Gasteiger charge is 2.41. The van der Waals surface area contributed by atoms with Gasteiger partial charge in [0.25, 0.3) is 15.9 Å². The van der Waals surface area contributed by atoms with Crippen molar-refractivity contribution in [3.05, 3.63) is 83.3 Å². The fourth-order valence-corrected chi connectivity index (χ4v) is 8.37. The molecule has 3 atom stereocenters. The summed E-state index contributed by atoms with van der Waals surface area (Å²) in [7, 11) is -4.17. The number of nitrogens with zero attached hydrogens (tertiary/aromatic N) is 6. The van der Waals surface area contributed by atoms with Crippen LogP contribution in [0.4, 0.5) is 11.8 Å². The molecule has 4 aromatic rings. The van der Waals surface area contributed by atoms with Crippen molar-refractivity contribution in [2.75, 3.05) is 22.8 Å². The van der Waals surface area contributed by atoms with E-state index in [-0.39, 0.29) is 46.8 Å². The highest BCUT2D eigenvalue weighted by atomic mass is 32.2. The molecule has 4 bridgehead atoms. The number of carbonyl (C=O) groups excluding carboxylic acids is 1. The van der Waals surface area contributed by atoms with Gasteiger partial charge in [-0.2, -0.15) is 4.98 Å². The first kappa shape index (κ1) is 32.9. The van der Waals surface area contributed by atoms with Crippen molar-refractivity contribution in [1.82, 2.24) is 24.8 Å². The minimum atomic E-state index is -4.17. The molecule has 11 nitrogen and oxygen atoms in total. The summed E-state index contributed by atoms with van der Waals surface area (Å²) in [6.45, 7) is 11.6. The molecule has 256 valence electrons. The monoisotopic (exact) mass is 681 g/mol. The zero-order valence-electron chi connectivity index (χ0n) is 28.7. The van der Waals surface area contributed by atoms with Crippen LogP contribution in [0.5, 0.6) is 5.88 Å². The van der Waals surface area contributed by atoms with Crippen LogP contribution in [0, 0.1) is 25.2 Å². The molecular weight excluding hydrogens is 639 g/mol. The van der Waals surface area contributed by atoms with E-state index >= 15 is 0 Å². The number of aromatic nitrogens is 4. The second kappa shape index (κ2) is 12.7. The van der Waals surface area contributed by atoms with Crippen LogP contribution in [-0.2, 0) is 16.6 Å². The third-order valence-electron chi connectivity index (χ3n) is 9.85. The standard InChI is InChI=1S/C37H43N7O4S/c1-23-8-6-9-24(2)34(23)30-17-33-41-36(40-30)42-49(46,47)29-11-7-10-26(16-29)35(45)44(28(22-48-33)18-37(3,4)5)21-27-19-38-20-32(39-27)43-15-14-25-12-13-31(25)43/h6-11,16-17,19-20,25,28,31H,12-15,18,21-22H2,1-5H3,(H,40,41,42)/t25-,28+,31-/m0/s1. The van der Waals surface area contributed by atoms with Crippen LogP contribution in [-0.4, -0.2) is 64.4 Å². The van der Waals surface area contributed by atoms with Gasteiger partial charge in [0.15, 0.2) is 0 Å². The molecular formula is C37H43N7O4S. The van der Waals surface area contributed by atoms with Gasteiger partial charge in [-0.1, -0.05) is 45.0 Å². The highest BCUT2D eigenvalue weighted by Crippen LogP contribution is 2.42. The molecule has 0 radical (unpaired) electrons. The van der Waals surface area contributed by atoms with Gasteiger partial charge in [-0.25, -0.2) is 23.1 Å². The smallest absolute Gasteiger partial charge is 0.264 e. The Bertz CT molecular complexity index is 1990. The predicted octanol–water partition coefficient (Wildman–Crippen LogP) is 6.18. The number of fused-ring (bicyclic) bond motifs is 5. The van der Waals surface area contributed by atoms with Gasteiger partial charge in [0.05, 0.1) is 41.3 Å². The number of hydrogen-bond acceptors (Lipinski definition) is 9. The average molecular weight is 682 g/mol. The highest BCUT2D eigenvalue weighted by molar-refractivity contribution is 7.92. The van der Waals surface area contributed by atoms with E-state index < -0.39 is 16.1 Å². The number of benzene rings is 2. The molecule has 1 saturated carbocycles. The average Bonchev–Trinajstić information content (AvgIpc) is 3.33. The Morgan fingerprint density at radius 3 is 2.45 bits per heavy atom. The van der Waals surface area contributed by atoms with Crippen molar-refractivity contribution in [3.63, 3.8) is 0 Å². The molecule has 12 heteroatoms. The van der Waals surface area contributed by atoms with Crippen LogP contribution in [0.15, 0.2) is 65.8 Å². The second-order valence-corrected chi connectivity index (χ2v) is 16.4. The van der Waals surface area contributed by atoms with E-state index in [0.717, 1.165) is 47.8 Å². The number of amides is 1. The van der Waals surface area contributed by atoms with E-state index in [4.69, 9.17) is 9.72 Å². The number of rotatable bonds is 5. The number of ether oxygens (including phenoxy) is 1. The topological polar surface area (TPSA) is 131 Å². The SMILES string of the molecule is Cc1cccc(C)c1-c1cc2nc(n1)NS(=O)(=O)c1cccc(c1)C(=O)N(Cc1cncc(N3CC[C@@H]4CC[C@@H]43)n1)[C@H](CC(C)(C)C)CO2. The van der Waals surface area contributed by atoms with Crippen LogP contribution in [0.3, 0.4) is 0 Å². The number of hydrogen-bond donors (Lipinski definition) is 1. The summed E-state index contributed by atoms with van der Waals surface area (Å²) in [6.07, 6.45) is 7.70. The Balaban J connectivity index is 1.32. The summed E-state index contributed by atoms with van der Waals surface area (Å²) in [5.41, 5.74) is 4.08. The lowest BCUT2D eigenvalue weighted by molar-refractivity contribution is 0.0509. The first-order valence-corrected chi connectivity index (χ1v) is 18.4. The predicted molar refractivity (Wildman–Crippen MR) is 188 cm³/mol. The lowest BCUT2D eigenvalue weighted by Gasteiger charge is -2.37. The lowest BCUT2D eigenvalue weighted by Crippen LogP contribution is -2.45. The third kappa shape index (κ3) is 6.83. The van der Waals surface area contributed by atoms with Gasteiger partial charge in [0.1, 0.15) is 12.4 Å². The minimum Gasteiger partial charge on any atom is -0.475 e. The molecule has 1 aliphatic carbocycles. The van der Waals surface area contributed by atoms with Crippen LogP contribution in [0.2, 0.25) is 0 Å². The van der Waals surface area contributed by atoms with Crippen LogP contribution in [0.1, 0.15) is 73.6 Å². The van der Waals surface area contributed by atoms with Crippen LogP contribution >= 0.6 is 0 Å². The maximum absolute atomic E-state index is 14.5. The van der Waals surface area contributed by atoms with E-state index in [9.17, 15) is 13.2 Å². The molecule has 2 fully saturated rings. The molecule has 0 unspecified atom stereocenters. The van der Waals surface area contributed by atoms with E-state index in [1.54, 1.807) is 29.3 Å². The molecule has 1 amide bonds. The minimum absolute atomic E-state index is 0.0701. The first-order chi connectivity index (χ1) is 23.3. The number of aryl methyl sites for hydroxylation is 2. The molecule has 1 N–H and O–H groups in total. The van der Waals surface area contributed by atoms with Crippen molar-refractivity contribution >= 4 is 27.7 Å². The van der Waals surface area contributed by atoms with Gasteiger partial charge in [-0.05, 0) is 80.2 Å². The summed E-state index contributed by atoms with van der Waals surface area (Å²) >= 11 is 0. The summed E-state index contributed by atoms with van der Waals surface area (Å²) in [5, 5.41) is 0. The van der Waals surface area contributed by atoms with Crippen molar-refractivity contribution < 1.29 is 17.9 Å². The first-order valence-electron chi connectivity index (χ1n) is 16.9. The van der Waals surface area contributed by atoms with Gasteiger partial charge in [0.2, 0.25) is 11.8 Å². The molecule has 4 heterocycles. The Labute approximate surface area is 288 Å². The van der Waals surface area contributed by atoms with Gasteiger partial charge >= 0.3 is 0 Å². The summed E-state index contributed by atoms with van der Waals surface area (Å²) in [5.74, 6) is 1.32. The molecule has 2 aromatic heterocycles. The molecule has 2 aromatic carbocycles. The van der Waals surface area contributed by atoms with Crippen molar-refractivity contribution in [3.8, 4) is 17.1 Å². The van der Waals surface area contributed by atoms with Gasteiger partial charge < -0.3 is 14.5 Å². The van der Waals surface area contributed by atoms with E-state index in [1.165, 1.54) is 18.6 Å². The Morgan fingerprint density at radius 2 is 1.73 bits per heavy atom. The van der Waals surface area contributed by atoms with Crippen LogP contribution in [0.25, 0.3) is 11.3 Å². The fraction of sp³-hybridized carbons (Fsp3) is 0.432. The largest absolute Gasteiger partial charge is 0.475 e. The maximum atomic E-state index is 14.5. The molecule has 3 aliphatic rings. The van der Waals surface area contributed by atoms with Gasteiger partial charge in [0, 0.05) is 29.8 Å². The molecule has 0 spiro atoms. The molecule has 1 saturated heterocycles. The third-order valence-corrected chi connectivity index (χ3v) is 11.2. The summed E-state index contributed by atoms with van der Waals surface area (Å²) in [6, 6.07) is 13.8. The fourth-order valence-electron chi connectivity index (χ4n) is 7.38. The lowest BCUT2D eigenvalue weighted by atomic mass is 9.80. The molecule has 2 aliphatic heterocycles. The maximum Gasteiger partial charge on any atom is 0.264 e. The number of carbonyl (C=O) groups is 1. The zero-order valence-corrected chi connectivity index (χ0v) is 29.5. The quantitative estimate of drug-likeness (QED) is 0.262. The molecule has 49 heavy (non-hydrogen) atoms. The van der Waals surface area contributed by atoms with E-state index in [0.29, 0.717) is 23.9 Å². The summed E-state index contributed by atoms with van der Waals surface area (Å²) in [4.78, 5) is 37.3. The Morgan fingerprint density at radius 1 is 0.959 bits per heavy atom. The number of sulfonamides is 1. The number of nitrogens with one attached hydrogen (secondary N) is 1. The number of anilines is 2. The van der Waals surface area contributed by atoms with Gasteiger partial charge in [-0.3, -0.25) is 9.78 Å². The Kier molecular flexibility index (Phi) is 8.54. The van der Waals surface area contributed by atoms with Crippen molar-refractivity contribution in [1.29, 1.82) is 0 Å². The second-order valence-electron chi connectivity index (χ2n) is 14.7. The van der Waals surface area contributed by atoms with Crippen LogP contribution < -0.4 is 14.4 Å². The Hall–Kier alpha value is -4.58. The zero-order chi connectivity index (χ0) is 34.5. The van der Waals surface area contributed by atoms with Gasteiger partial charge in [-0.15, -0.1) is 0 Å². The summed E-state index contributed by atoms with van der Waals surface area (Å²) < 4.78 is 36.4. The molecule has 7 rings (SSSR count). The van der Waals surface area contributed by atoms with Crippen molar-refractivity contribution in [2.45, 2.75) is 83.8 Å². The van der Waals surface area contributed by atoms with E-state index in [2.05, 4.69) is 45.3 Å².